The Kier molecular flexibility index (Phi) is 3.59. The number of carbonyl (C=O) groups is 2. The zero-order valence-electron chi connectivity index (χ0n) is 11.5. The number of oxazole rings is 1. The van der Waals surface area contributed by atoms with Crippen molar-refractivity contribution >= 4 is 11.8 Å². The lowest BCUT2D eigenvalue weighted by atomic mass is 9.89. The summed E-state index contributed by atoms with van der Waals surface area (Å²) in [6.07, 6.45) is 2.76. The molecule has 19 heavy (non-hydrogen) atoms. The van der Waals surface area contributed by atoms with Gasteiger partial charge in [0.2, 0.25) is 17.7 Å². The van der Waals surface area contributed by atoms with Crippen molar-refractivity contribution in [2.75, 3.05) is 6.54 Å². The maximum Gasteiger partial charge on any atom is 0.249 e. The smallest absolute Gasteiger partial charge is 0.249 e. The molecule has 2 amide bonds. The lowest BCUT2D eigenvalue weighted by Gasteiger charge is -2.40. The van der Waals surface area contributed by atoms with Crippen LogP contribution in [0.15, 0.2) is 10.6 Å². The largest absolute Gasteiger partial charge is 0.444 e. The Hall–Kier alpha value is -1.85. The summed E-state index contributed by atoms with van der Waals surface area (Å²) in [6.45, 7) is 5.90. The van der Waals surface area contributed by atoms with Crippen molar-refractivity contribution in [3.63, 3.8) is 0 Å². The van der Waals surface area contributed by atoms with Crippen molar-refractivity contribution in [1.82, 2.24) is 15.2 Å². The second-order valence-electron chi connectivity index (χ2n) is 4.86. The number of hydrogen-bond donors (Lipinski definition) is 1. The van der Waals surface area contributed by atoms with E-state index in [0.717, 1.165) is 0 Å². The molecule has 1 N–H and O–H groups in total. The van der Waals surface area contributed by atoms with Crippen LogP contribution in [0.5, 0.6) is 0 Å². The third kappa shape index (κ3) is 2.47. The summed E-state index contributed by atoms with van der Waals surface area (Å²) in [5.74, 6) is 0.961. The molecule has 0 atom stereocenters. The minimum absolute atomic E-state index is 0.0576. The maximum absolute atomic E-state index is 12.5. The lowest BCUT2D eigenvalue weighted by molar-refractivity contribution is -0.151. The number of nitrogens with zero attached hydrogens (tertiary/aromatic N) is 2. The molecule has 6 heteroatoms. The molecule has 1 aromatic rings. The number of rotatable bonds is 4. The third-order valence-corrected chi connectivity index (χ3v) is 3.61. The quantitative estimate of drug-likeness (QED) is 0.881. The number of amides is 2. The van der Waals surface area contributed by atoms with Gasteiger partial charge >= 0.3 is 0 Å². The first-order valence-electron chi connectivity index (χ1n) is 6.52. The van der Waals surface area contributed by atoms with Gasteiger partial charge in [-0.3, -0.25) is 9.59 Å². The molecule has 1 aliphatic rings. The molecule has 0 spiro atoms. The molecule has 0 bridgehead atoms. The summed E-state index contributed by atoms with van der Waals surface area (Å²) >= 11 is 0. The Morgan fingerprint density at radius 2 is 2.11 bits per heavy atom. The number of hydrogen-bond acceptors (Lipinski definition) is 4. The number of aryl methyl sites for hydroxylation is 1. The fourth-order valence-corrected chi connectivity index (χ4v) is 2.40. The molecule has 0 unspecified atom stereocenters. The number of nitrogens with one attached hydrogen (secondary N) is 1. The van der Waals surface area contributed by atoms with Crippen molar-refractivity contribution in [2.24, 2.45) is 0 Å². The number of piperazine rings is 1. The van der Waals surface area contributed by atoms with Crippen LogP contribution in [-0.4, -0.2) is 33.8 Å². The average molecular weight is 265 g/mol. The highest BCUT2D eigenvalue weighted by Gasteiger charge is 2.44. The summed E-state index contributed by atoms with van der Waals surface area (Å²) in [7, 11) is 0. The molecule has 0 aliphatic carbocycles. The van der Waals surface area contributed by atoms with E-state index in [9.17, 15) is 9.59 Å². The topological polar surface area (TPSA) is 75.4 Å². The van der Waals surface area contributed by atoms with Crippen molar-refractivity contribution in [1.29, 1.82) is 0 Å². The average Bonchev–Trinajstić information content (AvgIpc) is 2.79. The Bertz CT molecular complexity index is 491. The van der Waals surface area contributed by atoms with Crippen LogP contribution in [0.3, 0.4) is 0 Å². The van der Waals surface area contributed by atoms with Crippen molar-refractivity contribution < 1.29 is 14.0 Å². The van der Waals surface area contributed by atoms with Crippen molar-refractivity contribution in [3.05, 3.63) is 17.8 Å². The second kappa shape index (κ2) is 5.03. The fourth-order valence-electron chi connectivity index (χ4n) is 2.40. The highest BCUT2D eigenvalue weighted by Crippen LogP contribution is 2.23. The molecule has 0 saturated carbocycles. The Balaban J connectivity index is 2.20. The predicted molar refractivity (Wildman–Crippen MR) is 68.1 cm³/mol. The van der Waals surface area contributed by atoms with E-state index in [2.05, 4.69) is 10.3 Å². The van der Waals surface area contributed by atoms with Crippen LogP contribution >= 0.6 is 0 Å². The highest BCUT2D eigenvalue weighted by atomic mass is 16.4. The van der Waals surface area contributed by atoms with Crippen LogP contribution in [0.4, 0.5) is 0 Å². The first kappa shape index (κ1) is 13.6. The standard InChI is InChI=1S/C13H19N3O3/c1-4-13(5-2)12(18)16(7-10(17)15-13)8-11-14-6-9(3)19-11/h6H,4-5,7-8H2,1-3H3,(H,15,17). The van der Waals surface area contributed by atoms with Gasteiger partial charge in [-0.15, -0.1) is 0 Å². The van der Waals surface area contributed by atoms with Crippen LogP contribution in [-0.2, 0) is 16.1 Å². The van der Waals surface area contributed by atoms with E-state index in [-0.39, 0.29) is 24.9 Å². The normalized spacial score (nSPS) is 18.6. The van der Waals surface area contributed by atoms with Crippen LogP contribution in [0.2, 0.25) is 0 Å². The van der Waals surface area contributed by atoms with Crippen LogP contribution in [0.25, 0.3) is 0 Å². The van der Waals surface area contributed by atoms with Gasteiger partial charge in [-0.25, -0.2) is 4.98 Å². The summed E-state index contributed by atoms with van der Waals surface area (Å²) in [5.41, 5.74) is -0.781. The maximum atomic E-state index is 12.5. The number of carbonyl (C=O) groups excluding carboxylic acids is 2. The molecule has 0 radical (unpaired) electrons. The molecule has 1 saturated heterocycles. The van der Waals surface area contributed by atoms with Gasteiger partial charge in [0.15, 0.2) is 0 Å². The van der Waals surface area contributed by atoms with E-state index in [1.807, 2.05) is 13.8 Å². The van der Waals surface area contributed by atoms with Crippen LogP contribution in [0, 0.1) is 6.92 Å². The van der Waals surface area contributed by atoms with Gasteiger partial charge in [0, 0.05) is 0 Å². The molecule has 1 aromatic heterocycles. The predicted octanol–water partition coefficient (Wildman–Crippen LogP) is 1.00. The van der Waals surface area contributed by atoms with Crippen molar-refractivity contribution in [3.8, 4) is 0 Å². The van der Waals surface area contributed by atoms with Gasteiger partial charge in [0.25, 0.3) is 0 Å². The summed E-state index contributed by atoms with van der Waals surface area (Å²) in [5, 5.41) is 2.82. The molecular weight excluding hydrogens is 246 g/mol. The molecular formula is C13H19N3O3. The summed E-state index contributed by atoms with van der Waals surface area (Å²) in [4.78, 5) is 29.9. The van der Waals surface area contributed by atoms with E-state index < -0.39 is 5.54 Å². The van der Waals surface area contributed by atoms with E-state index in [1.165, 1.54) is 4.90 Å². The molecule has 0 aromatic carbocycles. The third-order valence-electron chi connectivity index (χ3n) is 3.61. The molecule has 104 valence electrons. The van der Waals surface area contributed by atoms with Gasteiger partial charge < -0.3 is 14.6 Å². The SMILES string of the molecule is CCC1(CC)NC(=O)CN(Cc2ncc(C)o2)C1=O. The minimum atomic E-state index is -0.781. The summed E-state index contributed by atoms with van der Waals surface area (Å²) < 4.78 is 5.37. The monoisotopic (exact) mass is 265 g/mol. The second-order valence-corrected chi connectivity index (χ2v) is 4.86. The Labute approximate surface area is 112 Å². The van der Waals surface area contributed by atoms with E-state index in [4.69, 9.17) is 4.42 Å². The van der Waals surface area contributed by atoms with Crippen LogP contribution < -0.4 is 5.32 Å². The fraction of sp³-hybridized carbons (Fsp3) is 0.615. The molecule has 1 aliphatic heterocycles. The van der Waals surface area contributed by atoms with E-state index >= 15 is 0 Å². The van der Waals surface area contributed by atoms with E-state index in [1.54, 1.807) is 13.1 Å². The summed E-state index contributed by atoms with van der Waals surface area (Å²) in [6, 6.07) is 0. The Morgan fingerprint density at radius 3 is 2.63 bits per heavy atom. The molecule has 1 fully saturated rings. The minimum Gasteiger partial charge on any atom is -0.444 e. The first-order valence-corrected chi connectivity index (χ1v) is 6.52. The Morgan fingerprint density at radius 1 is 1.42 bits per heavy atom. The zero-order chi connectivity index (χ0) is 14.0. The molecule has 6 nitrogen and oxygen atoms in total. The van der Waals surface area contributed by atoms with Gasteiger partial charge in [0.05, 0.1) is 12.7 Å². The van der Waals surface area contributed by atoms with Crippen LogP contribution in [0.1, 0.15) is 38.3 Å². The van der Waals surface area contributed by atoms with Gasteiger partial charge in [-0.2, -0.15) is 0 Å². The number of aromatic nitrogens is 1. The van der Waals surface area contributed by atoms with E-state index in [0.29, 0.717) is 24.5 Å². The van der Waals surface area contributed by atoms with Crippen molar-refractivity contribution in [2.45, 2.75) is 45.7 Å². The molecule has 2 rings (SSSR count). The van der Waals surface area contributed by atoms with Gasteiger partial charge in [-0.05, 0) is 19.8 Å². The van der Waals surface area contributed by atoms with Gasteiger partial charge in [0.1, 0.15) is 17.8 Å². The first-order chi connectivity index (χ1) is 9.00. The molecule has 2 heterocycles. The highest BCUT2D eigenvalue weighted by molar-refractivity contribution is 5.97. The van der Waals surface area contributed by atoms with Gasteiger partial charge in [-0.1, -0.05) is 13.8 Å². The zero-order valence-corrected chi connectivity index (χ0v) is 11.5. The lowest BCUT2D eigenvalue weighted by Crippen LogP contribution is -2.65.